The number of hydrogen-bond donors (Lipinski definition) is 2. The molecule has 3 rings (SSSR count). The molecule has 2 amide bonds. The number of furan rings is 1. The molecule has 2 aromatic carbocycles. The summed E-state index contributed by atoms with van der Waals surface area (Å²) in [6.45, 7) is 4.07. The molecule has 0 unspecified atom stereocenters. The highest BCUT2D eigenvalue weighted by atomic mass is 16.5. The van der Waals surface area contributed by atoms with Gasteiger partial charge in [0.15, 0.2) is 5.76 Å². The van der Waals surface area contributed by atoms with Gasteiger partial charge in [-0.15, -0.1) is 0 Å². The average molecular weight is 338 g/mol. The Labute approximate surface area is 144 Å². The van der Waals surface area contributed by atoms with Gasteiger partial charge in [0, 0.05) is 10.9 Å². The van der Waals surface area contributed by atoms with Gasteiger partial charge in [-0.1, -0.05) is 30.3 Å². The van der Waals surface area contributed by atoms with Crippen molar-refractivity contribution in [1.29, 1.82) is 0 Å². The summed E-state index contributed by atoms with van der Waals surface area (Å²) in [5.41, 5.74) is 6.45. The van der Waals surface area contributed by atoms with Crippen molar-refractivity contribution in [3.8, 4) is 5.75 Å². The zero-order chi connectivity index (χ0) is 17.8. The minimum absolute atomic E-state index is 0.166. The minimum atomic E-state index is -0.518. The van der Waals surface area contributed by atoms with E-state index in [2.05, 4.69) is 10.9 Å². The molecular formula is C19H18N2O4. The number of hydrazine groups is 1. The lowest BCUT2D eigenvalue weighted by Gasteiger charge is -2.10. The summed E-state index contributed by atoms with van der Waals surface area (Å²) in [6, 6.07) is 14.2. The van der Waals surface area contributed by atoms with Crippen LogP contribution in [-0.2, 0) is 0 Å². The first-order valence-electron chi connectivity index (χ1n) is 7.92. The maximum Gasteiger partial charge on any atom is 0.305 e. The van der Waals surface area contributed by atoms with Gasteiger partial charge in [0.1, 0.15) is 11.3 Å². The summed E-state index contributed by atoms with van der Waals surface area (Å²) in [6.07, 6.45) is 0. The van der Waals surface area contributed by atoms with Crippen molar-refractivity contribution in [3.05, 3.63) is 65.4 Å². The molecule has 1 aromatic heterocycles. The summed E-state index contributed by atoms with van der Waals surface area (Å²) in [5.74, 6) is -0.363. The number of amides is 2. The van der Waals surface area contributed by atoms with E-state index < -0.39 is 11.8 Å². The Morgan fingerprint density at radius 1 is 1.00 bits per heavy atom. The lowest BCUT2D eigenvalue weighted by Crippen LogP contribution is -2.41. The van der Waals surface area contributed by atoms with Crippen molar-refractivity contribution in [2.75, 3.05) is 6.61 Å². The van der Waals surface area contributed by atoms with Crippen LogP contribution in [0.3, 0.4) is 0 Å². The predicted molar refractivity (Wildman–Crippen MR) is 93.5 cm³/mol. The molecule has 128 valence electrons. The van der Waals surface area contributed by atoms with E-state index in [1.807, 2.05) is 25.1 Å². The van der Waals surface area contributed by atoms with Gasteiger partial charge < -0.3 is 9.15 Å². The third-order valence-electron chi connectivity index (χ3n) is 3.77. The van der Waals surface area contributed by atoms with E-state index in [-0.39, 0.29) is 5.76 Å². The molecule has 0 saturated carbocycles. The van der Waals surface area contributed by atoms with Crippen LogP contribution in [0.25, 0.3) is 11.0 Å². The second-order valence-electron chi connectivity index (χ2n) is 5.39. The Hall–Kier alpha value is -3.28. The summed E-state index contributed by atoms with van der Waals surface area (Å²) < 4.78 is 11.0. The molecule has 0 radical (unpaired) electrons. The Morgan fingerprint density at radius 2 is 1.68 bits per heavy atom. The highest BCUT2D eigenvalue weighted by molar-refractivity contribution is 6.02. The van der Waals surface area contributed by atoms with Gasteiger partial charge in [0.25, 0.3) is 5.91 Å². The number of benzene rings is 2. The molecule has 0 bridgehead atoms. The van der Waals surface area contributed by atoms with Crippen LogP contribution in [0, 0.1) is 6.92 Å². The third kappa shape index (κ3) is 3.33. The van der Waals surface area contributed by atoms with E-state index in [0.29, 0.717) is 23.5 Å². The topological polar surface area (TPSA) is 80.6 Å². The van der Waals surface area contributed by atoms with Crippen molar-refractivity contribution in [3.63, 3.8) is 0 Å². The maximum absolute atomic E-state index is 12.3. The SMILES string of the molecule is CCOc1ccccc1C(=O)NNC(=O)c1oc2ccccc2c1C. The first kappa shape index (κ1) is 16.6. The Kier molecular flexibility index (Phi) is 4.70. The zero-order valence-electron chi connectivity index (χ0n) is 14.0. The van der Waals surface area contributed by atoms with Gasteiger partial charge in [0.2, 0.25) is 0 Å². The lowest BCUT2D eigenvalue weighted by atomic mass is 10.1. The highest BCUT2D eigenvalue weighted by Crippen LogP contribution is 2.24. The molecule has 1 heterocycles. The van der Waals surface area contributed by atoms with Crippen LogP contribution in [0.4, 0.5) is 0 Å². The highest BCUT2D eigenvalue weighted by Gasteiger charge is 2.19. The van der Waals surface area contributed by atoms with Crippen LogP contribution in [0.5, 0.6) is 5.75 Å². The molecule has 6 nitrogen and oxygen atoms in total. The Bertz CT molecular complexity index is 930. The van der Waals surface area contributed by atoms with Crippen LogP contribution < -0.4 is 15.6 Å². The summed E-state index contributed by atoms with van der Waals surface area (Å²) >= 11 is 0. The average Bonchev–Trinajstić information content (AvgIpc) is 2.97. The number of para-hydroxylation sites is 2. The first-order valence-corrected chi connectivity index (χ1v) is 7.92. The van der Waals surface area contributed by atoms with Crippen LogP contribution >= 0.6 is 0 Å². The molecular weight excluding hydrogens is 320 g/mol. The van der Waals surface area contributed by atoms with Crippen LogP contribution in [0.15, 0.2) is 52.9 Å². The molecule has 6 heteroatoms. The van der Waals surface area contributed by atoms with E-state index in [1.165, 1.54) is 0 Å². The largest absolute Gasteiger partial charge is 0.493 e. The number of ether oxygens (including phenoxy) is 1. The van der Waals surface area contributed by atoms with E-state index in [0.717, 1.165) is 10.9 Å². The van der Waals surface area contributed by atoms with Gasteiger partial charge in [-0.3, -0.25) is 20.4 Å². The smallest absolute Gasteiger partial charge is 0.305 e. The Balaban J connectivity index is 1.73. The normalized spacial score (nSPS) is 10.5. The van der Waals surface area contributed by atoms with Crippen molar-refractivity contribution < 1.29 is 18.7 Å². The number of nitrogens with one attached hydrogen (secondary N) is 2. The monoisotopic (exact) mass is 338 g/mol. The predicted octanol–water partition coefficient (Wildman–Crippen LogP) is 3.21. The fourth-order valence-electron chi connectivity index (χ4n) is 2.56. The quantitative estimate of drug-likeness (QED) is 0.716. The fraction of sp³-hybridized carbons (Fsp3) is 0.158. The van der Waals surface area contributed by atoms with Crippen LogP contribution in [0.2, 0.25) is 0 Å². The fourth-order valence-corrected chi connectivity index (χ4v) is 2.56. The molecule has 0 fully saturated rings. The molecule has 0 aliphatic rings. The standard InChI is InChI=1S/C19H18N2O4/c1-3-24-15-10-6-5-9-14(15)18(22)20-21-19(23)17-12(2)13-8-4-7-11-16(13)25-17/h4-11H,3H2,1-2H3,(H,20,22)(H,21,23). The molecule has 0 saturated heterocycles. The van der Waals surface area contributed by atoms with E-state index in [1.54, 1.807) is 37.3 Å². The minimum Gasteiger partial charge on any atom is -0.493 e. The van der Waals surface area contributed by atoms with Crippen molar-refractivity contribution in [2.24, 2.45) is 0 Å². The number of aryl methyl sites for hydroxylation is 1. The van der Waals surface area contributed by atoms with Gasteiger partial charge >= 0.3 is 5.91 Å². The molecule has 0 aliphatic heterocycles. The number of carbonyl (C=O) groups is 2. The number of carbonyl (C=O) groups excluding carboxylic acids is 2. The molecule has 0 spiro atoms. The van der Waals surface area contributed by atoms with Gasteiger partial charge in [-0.2, -0.15) is 0 Å². The summed E-state index contributed by atoms with van der Waals surface area (Å²) in [7, 11) is 0. The Morgan fingerprint density at radius 3 is 2.44 bits per heavy atom. The van der Waals surface area contributed by atoms with Crippen LogP contribution in [-0.4, -0.2) is 18.4 Å². The van der Waals surface area contributed by atoms with E-state index in [4.69, 9.17) is 9.15 Å². The summed E-state index contributed by atoms with van der Waals surface area (Å²) in [5, 5.41) is 0.862. The molecule has 2 N–H and O–H groups in total. The second-order valence-corrected chi connectivity index (χ2v) is 5.39. The van der Waals surface area contributed by atoms with Crippen LogP contribution in [0.1, 0.15) is 33.4 Å². The number of hydrogen-bond acceptors (Lipinski definition) is 4. The van der Waals surface area contributed by atoms with Crippen molar-refractivity contribution in [2.45, 2.75) is 13.8 Å². The third-order valence-corrected chi connectivity index (χ3v) is 3.77. The van der Waals surface area contributed by atoms with Gasteiger partial charge in [-0.25, -0.2) is 0 Å². The summed E-state index contributed by atoms with van der Waals surface area (Å²) in [4.78, 5) is 24.6. The van der Waals surface area contributed by atoms with Gasteiger partial charge in [-0.05, 0) is 32.0 Å². The van der Waals surface area contributed by atoms with E-state index >= 15 is 0 Å². The maximum atomic E-state index is 12.3. The first-order chi connectivity index (χ1) is 12.1. The van der Waals surface area contributed by atoms with Crippen molar-refractivity contribution in [1.82, 2.24) is 10.9 Å². The molecule has 0 atom stereocenters. The molecule has 3 aromatic rings. The lowest BCUT2D eigenvalue weighted by molar-refractivity contribution is 0.0829. The molecule has 0 aliphatic carbocycles. The van der Waals surface area contributed by atoms with Gasteiger partial charge in [0.05, 0.1) is 12.2 Å². The number of rotatable bonds is 4. The van der Waals surface area contributed by atoms with E-state index in [9.17, 15) is 9.59 Å². The van der Waals surface area contributed by atoms with Crippen molar-refractivity contribution >= 4 is 22.8 Å². The second kappa shape index (κ2) is 7.09. The number of fused-ring (bicyclic) bond motifs is 1. The molecule has 25 heavy (non-hydrogen) atoms. The zero-order valence-corrected chi connectivity index (χ0v) is 14.0.